The summed E-state index contributed by atoms with van der Waals surface area (Å²) in [5, 5.41) is 6.35. The van der Waals surface area contributed by atoms with Crippen molar-refractivity contribution in [3.63, 3.8) is 0 Å². The molecule has 1 saturated heterocycles. The SMILES string of the molecule is CCNC(=NCCN1C(=O)CCCC1=O)NC(C)c1ccc(C)c(F)c1. The van der Waals surface area contributed by atoms with E-state index < -0.39 is 0 Å². The molecule has 142 valence electrons. The molecule has 1 fully saturated rings. The number of carbonyl (C=O) groups is 2. The van der Waals surface area contributed by atoms with Crippen LogP contribution in [0.25, 0.3) is 0 Å². The van der Waals surface area contributed by atoms with E-state index in [1.165, 1.54) is 11.0 Å². The number of guanidine groups is 1. The zero-order chi connectivity index (χ0) is 19.1. The summed E-state index contributed by atoms with van der Waals surface area (Å²) in [4.78, 5) is 29.4. The highest BCUT2D eigenvalue weighted by atomic mass is 19.1. The molecule has 2 N–H and O–H groups in total. The highest BCUT2D eigenvalue weighted by Crippen LogP contribution is 2.16. The minimum atomic E-state index is -0.236. The molecule has 0 radical (unpaired) electrons. The first-order valence-electron chi connectivity index (χ1n) is 9.06. The lowest BCUT2D eigenvalue weighted by Gasteiger charge is -2.24. The lowest BCUT2D eigenvalue weighted by Crippen LogP contribution is -2.42. The number of aryl methyl sites for hydroxylation is 1. The van der Waals surface area contributed by atoms with Gasteiger partial charge < -0.3 is 10.6 Å². The Bertz CT molecular complexity index is 674. The highest BCUT2D eigenvalue weighted by Gasteiger charge is 2.25. The van der Waals surface area contributed by atoms with Gasteiger partial charge >= 0.3 is 0 Å². The van der Waals surface area contributed by atoms with E-state index in [0.29, 0.717) is 43.9 Å². The maximum atomic E-state index is 13.8. The molecule has 1 unspecified atom stereocenters. The fourth-order valence-corrected chi connectivity index (χ4v) is 2.80. The van der Waals surface area contributed by atoms with E-state index in [1.807, 2.05) is 19.9 Å². The number of benzene rings is 1. The van der Waals surface area contributed by atoms with Gasteiger partial charge in [-0.05, 0) is 44.4 Å². The Morgan fingerprint density at radius 1 is 1.31 bits per heavy atom. The third kappa shape index (κ3) is 5.28. The molecule has 0 aliphatic carbocycles. The van der Waals surface area contributed by atoms with Crippen molar-refractivity contribution < 1.29 is 14.0 Å². The molecule has 6 nitrogen and oxygen atoms in total. The van der Waals surface area contributed by atoms with Crippen molar-refractivity contribution in [3.05, 3.63) is 35.1 Å². The average molecular weight is 362 g/mol. The van der Waals surface area contributed by atoms with Gasteiger partial charge in [-0.15, -0.1) is 0 Å². The first-order valence-corrected chi connectivity index (χ1v) is 9.06. The van der Waals surface area contributed by atoms with Crippen LogP contribution in [-0.4, -0.2) is 42.3 Å². The molecule has 1 aliphatic heterocycles. The third-order valence-corrected chi connectivity index (χ3v) is 4.37. The van der Waals surface area contributed by atoms with Gasteiger partial charge in [0.15, 0.2) is 5.96 Å². The lowest BCUT2D eigenvalue weighted by molar-refractivity contribution is -0.147. The zero-order valence-electron chi connectivity index (χ0n) is 15.6. The standard InChI is InChI=1S/C19H27FN4O2/c1-4-21-19(22-10-11-24-17(25)6-5-7-18(24)26)23-14(3)15-9-8-13(2)16(20)12-15/h8-9,12,14H,4-7,10-11H2,1-3H3,(H2,21,22,23). The topological polar surface area (TPSA) is 73.8 Å². The number of hydrogen-bond acceptors (Lipinski definition) is 3. The molecule has 1 heterocycles. The summed E-state index contributed by atoms with van der Waals surface area (Å²) in [7, 11) is 0. The van der Waals surface area contributed by atoms with E-state index in [2.05, 4.69) is 15.6 Å². The smallest absolute Gasteiger partial charge is 0.229 e. The minimum absolute atomic E-state index is 0.127. The lowest BCUT2D eigenvalue weighted by atomic mass is 10.1. The Morgan fingerprint density at radius 2 is 2.00 bits per heavy atom. The van der Waals surface area contributed by atoms with Gasteiger partial charge in [0.25, 0.3) is 0 Å². The number of amides is 2. The Labute approximate surface area is 153 Å². The summed E-state index contributed by atoms with van der Waals surface area (Å²) < 4.78 is 13.8. The van der Waals surface area contributed by atoms with Crippen LogP contribution in [0.2, 0.25) is 0 Å². The van der Waals surface area contributed by atoms with Crippen LogP contribution < -0.4 is 10.6 Å². The minimum Gasteiger partial charge on any atom is -0.357 e. The number of carbonyl (C=O) groups excluding carboxylic acids is 2. The number of likely N-dealkylation sites (tertiary alicyclic amines) is 1. The molecule has 0 bridgehead atoms. The fourth-order valence-electron chi connectivity index (χ4n) is 2.80. The van der Waals surface area contributed by atoms with Crippen LogP contribution in [0.1, 0.15) is 50.3 Å². The number of piperidine rings is 1. The van der Waals surface area contributed by atoms with Crippen molar-refractivity contribution >= 4 is 17.8 Å². The normalized spacial score (nSPS) is 16.6. The fraction of sp³-hybridized carbons (Fsp3) is 0.526. The molecule has 1 aromatic rings. The predicted octanol–water partition coefficient (Wildman–Crippen LogP) is 2.29. The van der Waals surface area contributed by atoms with Crippen LogP contribution in [0.15, 0.2) is 23.2 Å². The summed E-state index contributed by atoms with van der Waals surface area (Å²) in [6.45, 7) is 6.87. The Morgan fingerprint density at radius 3 is 2.62 bits per heavy atom. The van der Waals surface area contributed by atoms with Crippen LogP contribution in [0.4, 0.5) is 4.39 Å². The number of rotatable bonds is 6. The van der Waals surface area contributed by atoms with Gasteiger partial charge in [0.1, 0.15) is 5.82 Å². The van der Waals surface area contributed by atoms with Crippen molar-refractivity contribution in [1.29, 1.82) is 0 Å². The van der Waals surface area contributed by atoms with Crippen molar-refractivity contribution in [1.82, 2.24) is 15.5 Å². The number of nitrogens with one attached hydrogen (secondary N) is 2. The molecule has 0 saturated carbocycles. The van der Waals surface area contributed by atoms with E-state index in [-0.39, 0.29) is 30.2 Å². The molecule has 2 rings (SSSR count). The molecular weight excluding hydrogens is 335 g/mol. The zero-order valence-corrected chi connectivity index (χ0v) is 15.6. The van der Waals surface area contributed by atoms with E-state index in [1.54, 1.807) is 13.0 Å². The van der Waals surface area contributed by atoms with Gasteiger partial charge in [-0.1, -0.05) is 12.1 Å². The van der Waals surface area contributed by atoms with Gasteiger partial charge in [0.05, 0.1) is 12.6 Å². The number of nitrogens with zero attached hydrogens (tertiary/aromatic N) is 2. The number of imide groups is 1. The molecule has 0 spiro atoms. The number of halogens is 1. The molecule has 1 aliphatic rings. The second kappa shape index (κ2) is 9.31. The summed E-state index contributed by atoms with van der Waals surface area (Å²) >= 11 is 0. The van der Waals surface area contributed by atoms with E-state index in [9.17, 15) is 14.0 Å². The third-order valence-electron chi connectivity index (χ3n) is 4.37. The van der Waals surface area contributed by atoms with Crippen molar-refractivity contribution in [2.75, 3.05) is 19.6 Å². The van der Waals surface area contributed by atoms with Crippen LogP contribution >= 0.6 is 0 Å². The van der Waals surface area contributed by atoms with Crippen molar-refractivity contribution in [2.45, 2.75) is 46.1 Å². The van der Waals surface area contributed by atoms with Crippen LogP contribution in [0.3, 0.4) is 0 Å². The Kier molecular flexibility index (Phi) is 7.12. The molecule has 2 amide bonds. The quantitative estimate of drug-likeness (QED) is 0.463. The maximum absolute atomic E-state index is 13.8. The van der Waals surface area contributed by atoms with Crippen molar-refractivity contribution in [2.24, 2.45) is 4.99 Å². The van der Waals surface area contributed by atoms with Gasteiger partial charge in [-0.3, -0.25) is 19.5 Å². The Balaban J connectivity index is 1.98. The molecule has 26 heavy (non-hydrogen) atoms. The van der Waals surface area contributed by atoms with E-state index in [0.717, 1.165) is 5.56 Å². The average Bonchev–Trinajstić information content (AvgIpc) is 2.60. The number of aliphatic imine (C=N–C) groups is 1. The van der Waals surface area contributed by atoms with Gasteiger partial charge in [-0.25, -0.2) is 4.39 Å². The first kappa shape index (κ1) is 19.9. The van der Waals surface area contributed by atoms with E-state index >= 15 is 0 Å². The largest absolute Gasteiger partial charge is 0.357 e. The highest BCUT2D eigenvalue weighted by molar-refractivity contribution is 5.97. The molecule has 1 aromatic carbocycles. The van der Waals surface area contributed by atoms with Crippen LogP contribution in [-0.2, 0) is 9.59 Å². The molecular formula is C19H27FN4O2. The van der Waals surface area contributed by atoms with Crippen molar-refractivity contribution in [3.8, 4) is 0 Å². The predicted molar refractivity (Wildman–Crippen MR) is 99.2 cm³/mol. The van der Waals surface area contributed by atoms with E-state index in [4.69, 9.17) is 0 Å². The van der Waals surface area contributed by atoms with Crippen LogP contribution in [0, 0.1) is 12.7 Å². The monoisotopic (exact) mass is 362 g/mol. The summed E-state index contributed by atoms with van der Waals surface area (Å²) in [5.41, 5.74) is 1.43. The summed E-state index contributed by atoms with van der Waals surface area (Å²) in [6, 6.07) is 5.01. The van der Waals surface area contributed by atoms with Gasteiger partial charge in [-0.2, -0.15) is 0 Å². The second-order valence-electron chi connectivity index (χ2n) is 6.43. The molecule has 1 atom stereocenters. The summed E-state index contributed by atoms with van der Waals surface area (Å²) in [5.74, 6) is 0.0777. The summed E-state index contributed by atoms with van der Waals surface area (Å²) in [6.07, 6.45) is 1.47. The van der Waals surface area contributed by atoms with Gasteiger partial charge in [0.2, 0.25) is 11.8 Å². The maximum Gasteiger partial charge on any atom is 0.229 e. The second-order valence-corrected chi connectivity index (χ2v) is 6.43. The first-order chi connectivity index (χ1) is 12.4. The molecule has 0 aromatic heterocycles. The number of hydrogen-bond donors (Lipinski definition) is 2. The van der Waals surface area contributed by atoms with Crippen LogP contribution in [0.5, 0.6) is 0 Å². The van der Waals surface area contributed by atoms with Gasteiger partial charge in [0, 0.05) is 25.9 Å². The molecule has 7 heteroatoms. The Hall–Kier alpha value is -2.44.